The predicted octanol–water partition coefficient (Wildman–Crippen LogP) is 4.24. The number of ether oxygens (including phenoxy) is 1. The molecule has 2 aromatic heterocycles. The topological polar surface area (TPSA) is 94.3 Å². The van der Waals surface area contributed by atoms with E-state index >= 15 is 0 Å². The number of halogens is 3. The van der Waals surface area contributed by atoms with Crippen LogP contribution in [0.15, 0.2) is 30.3 Å². The Labute approximate surface area is 161 Å². The Bertz CT molecular complexity index is 1090. The molecule has 0 saturated heterocycles. The van der Waals surface area contributed by atoms with Gasteiger partial charge in [0.25, 0.3) is 5.91 Å². The van der Waals surface area contributed by atoms with Crippen LogP contribution in [0.1, 0.15) is 31.3 Å². The van der Waals surface area contributed by atoms with E-state index in [0.29, 0.717) is 0 Å². The smallest absolute Gasteiger partial charge is 0.417 e. The molecule has 1 aromatic carbocycles. The lowest BCUT2D eigenvalue weighted by Gasteiger charge is -2.10. The number of methoxy groups -OCH3 is 1. The van der Waals surface area contributed by atoms with Gasteiger partial charge in [0, 0.05) is 11.1 Å². The number of hydrogen-bond acceptors (Lipinski definition) is 6. The molecule has 0 saturated carbocycles. The Morgan fingerprint density at radius 3 is 2.57 bits per heavy atom. The van der Waals surface area contributed by atoms with E-state index in [1.807, 2.05) is 0 Å². The van der Waals surface area contributed by atoms with Crippen molar-refractivity contribution in [3.63, 3.8) is 0 Å². The molecule has 0 spiro atoms. The van der Waals surface area contributed by atoms with Crippen molar-refractivity contribution in [2.75, 3.05) is 18.2 Å². The molecular formula is C18H14F3N3O3S. The van der Waals surface area contributed by atoms with Gasteiger partial charge in [-0.2, -0.15) is 13.2 Å². The number of anilines is 2. The molecule has 3 aromatic rings. The summed E-state index contributed by atoms with van der Waals surface area (Å²) in [5, 5.41) is 2.19. The maximum Gasteiger partial charge on any atom is 0.417 e. The van der Waals surface area contributed by atoms with Gasteiger partial charge in [0.2, 0.25) is 0 Å². The molecule has 28 heavy (non-hydrogen) atoms. The number of nitrogens with one attached hydrogen (secondary N) is 1. The Morgan fingerprint density at radius 2 is 1.93 bits per heavy atom. The Hall–Kier alpha value is -3.14. The predicted molar refractivity (Wildman–Crippen MR) is 99.5 cm³/mol. The number of carbonyl (C=O) groups is 2. The lowest BCUT2D eigenvalue weighted by Crippen LogP contribution is -2.15. The van der Waals surface area contributed by atoms with E-state index in [0.717, 1.165) is 17.4 Å². The molecule has 0 radical (unpaired) electrons. The molecule has 10 heteroatoms. The van der Waals surface area contributed by atoms with Gasteiger partial charge in [-0.05, 0) is 25.1 Å². The van der Waals surface area contributed by atoms with E-state index in [1.54, 1.807) is 12.1 Å². The number of benzene rings is 1. The zero-order valence-corrected chi connectivity index (χ0v) is 15.5. The number of aromatic nitrogens is 1. The van der Waals surface area contributed by atoms with Crippen molar-refractivity contribution in [3.8, 4) is 0 Å². The zero-order chi connectivity index (χ0) is 20.6. The van der Waals surface area contributed by atoms with Crippen molar-refractivity contribution in [1.29, 1.82) is 0 Å². The lowest BCUT2D eigenvalue weighted by atomic mass is 10.1. The fraction of sp³-hybridized carbons (Fsp3) is 0.167. The number of hydrogen-bond donors (Lipinski definition) is 2. The van der Waals surface area contributed by atoms with E-state index in [2.05, 4.69) is 15.0 Å². The van der Waals surface area contributed by atoms with Crippen molar-refractivity contribution < 1.29 is 27.5 Å². The third-order valence-corrected chi connectivity index (χ3v) is 5.02. The second kappa shape index (κ2) is 7.12. The fourth-order valence-corrected chi connectivity index (χ4v) is 3.76. The van der Waals surface area contributed by atoms with Gasteiger partial charge >= 0.3 is 12.1 Å². The first kappa shape index (κ1) is 19.6. The fourth-order valence-electron chi connectivity index (χ4n) is 2.70. The van der Waals surface area contributed by atoms with Crippen LogP contribution in [0.5, 0.6) is 0 Å². The molecule has 0 aliphatic rings. The number of aryl methyl sites for hydroxylation is 1. The van der Waals surface area contributed by atoms with Gasteiger partial charge in [0.15, 0.2) is 0 Å². The summed E-state index contributed by atoms with van der Waals surface area (Å²) in [5.41, 5.74) is 5.03. The number of thiophene rings is 1. The first-order valence-electron chi connectivity index (χ1n) is 7.89. The number of nitrogen functional groups attached to an aromatic ring is 1. The standard InChI is InChI=1S/C18H14F3N3O3S/c1-8-7-10(18(19,20)21)12-13(22)14(28-16(12)23-8)15(25)24-11-6-4-3-5-9(11)17(26)27-2/h3-7H,22H2,1-2H3,(H,24,25). The minimum Gasteiger partial charge on any atom is -0.465 e. The number of amides is 1. The third kappa shape index (κ3) is 3.50. The van der Waals surface area contributed by atoms with Gasteiger partial charge in [0.05, 0.1) is 29.6 Å². The molecule has 0 fully saturated rings. The molecule has 146 valence electrons. The van der Waals surface area contributed by atoms with Gasteiger partial charge in [-0.1, -0.05) is 12.1 Å². The molecule has 3 N–H and O–H groups in total. The third-order valence-electron chi connectivity index (χ3n) is 3.92. The molecule has 0 aliphatic heterocycles. The second-order valence-electron chi connectivity index (χ2n) is 5.83. The number of nitrogens with two attached hydrogens (primary N) is 1. The minimum absolute atomic E-state index is 0.0104. The highest BCUT2D eigenvalue weighted by Crippen LogP contribution is 2.42. The largest absolute Gasteiger partial charge is 0.465 e. The lowest BCUT2D eigenvalue weighted by molar-refractivity contribution is -0.136. The van der Waals surface area contributed by atoms with Gasteiger partial charge in [-0.25, -0.2) is 9.78 Å². The molecule has 1 amide bonds. The van der Waals surface area contributed by atoms with E-state index in [9.17, 15) is 22.8 Å². The number of para-hydroxylation sites is 1. The number of esters is 1. The summed E-state index contributed by atoms with van der Waals surface area (Å²) in [6, 6.07) is 6.97. The van der Waals surface area contributed by atoms with Crippen LogP contribution in [0.3, 0.4) is 0 Å². The van der Waals surface area contributed by atoms with Crippen molar-refractivity contribution in [3.05, 3.63) is 52.0 Å². The number of carbonyl (C=O) groups excluding carboxylic acids is 2. The molecule has 0 atom stereocenters. The Morgan fingerprint density at radius 1 is 1.25 bits per heavy atom. The minimum atomic E-state index is -4.65. The van der Waals surface area contributed by atoms with Crippen molar-refractivity contribution in [2.24, 2.45) is 0 Å². The average Bonchev–Trinajstić information content (AvgIpc) is 2.96. The van der Waals surface area contributed by atoms with Gasteiger partial charge < -0.3 is 15.8 Å². The summed E-state index contributed by atoms with van der Waals surface area (Å²) in [6.45, 7) is 1.43. The quantitative estimate of drug-likeness (QED) is 0.631. The normalized spacial score (nSPS) is 11.5. The Balaban J connectivity index is 2.07. The van der Waals surface area contributed by atoms with Gasteiger partial charge in [-0.15, -0.1) is 11.3 Å². The van der Waals surface area contributed by atoms with Crippen LogP contribution in [0.2, 0.25) is 0 Å². The van der Waals surface area contributed by atoms with Crippen molar-refractivity contribution in [1.82, 2.24) is 4.98 Å². The summed E-state index contributed by atoms with van der Waals surface area (Å²) in [4.78, 5) is 28.4. The Kier molecular flexibility index (Phi) is 4.99. The monoisotopic (exact) mass is 409 g/mol. The van der Waals surface area contributed by atoms with E-state index in [4.69, 9.17) is 5.73 Å². The summed E-state index contributed by atoms with van der Waals surface area (Å²) in [7, 11) is 1.19. The van der Waals surface area contributed by atoms with Gasteiger partial charge in [-0.3, -0.25) is 4.79 Å². The molecule has 0 aliphatic carbocycles. The average molecular weight is 409 g/mol. The number of pyridine rings is 1. The molecule has 2 heterocycles. The van der Waals surface area contributed by atoms with Crippen LogP contribution in [0, 0.1) is 6.92 Å². The molecule has 6 nitrogen and oxygen atoms in total. The van der Waals surface area contributed by atoms with E-state index in [-0.39, 0.29) is 37.7 Å². The first-order valence-corrected chi connectivity index (χ1v) is 8.70. The van der Waals surface area contributed by atoms with Gasteiger partial charge in [0.1, 0.15) is 9.71 Å². The summed E-state index contributed by atoms with van der Waals surface area (Å²) in [6.07, 6.45) is -4.65. The zero-order valence-electron chi connectivity index (χ0n) is 14.7. The summed E-state index contributed by atoms with van der Waals surface area (Å²) < 4.78 is 44.8. The van der Waals surface area contributed by atoms with E-state index < -0.39 is 23.6 Å². The molecule has 0 bridgehead atoms. The highest BCUT2D eigenvalue weighted by molar-refractivity contribution is 7.21. The van der Waals surface area contributed by atoms with Crippen LogP contribution < -0.4 is 11.1 Å². The SMILES string of the molecule is COC(=O)c1ccccc1NC(=O)c1sc2nc(C)cc(C(F)(F)F)c2c1N. The second-order valence-corrected chi connectivity index (χ2v) is 6.82. The summed E-state index contributed by atoms with van der Waals surface area (Å²) in [5.74, 6) is -1.42. The number of alkyl halides is 3. The molecule has 3 rings (SSSR count). The highest BCUT2D eigenvalue weighted by Gasteiger charge is 2.36. The number of fused-ring (bicyclic) bond motifs is 1. The van der Waals surface area contributed by atoms with Crippen LogP contribution in [0.25, 0.3) is 10.2 Å². The number of rotatable bonds is 3. The first-order chi connectivity index (χ1) is 13.1. The van der Waals surface area contributed by atoms with Crippen LogP contribution >= 0.6 is 11.3 Å². The maximum atomic E-state index is 13.4. The summed E-state index contributed by atoms with van der Waals surface area (Å²) >= 11 is 0.751. The van der Waals surface area contributed by atoms with Crippen LogP contribution in [0.4, 0.5) is 24.5 Å². The molecule has 0 unspecified atom stereocenters. The van der Waals surface area contributed by atoms with E-state index in [1.165, 1.54) is 26.2 Å². The number of nitrogens with zero attached hydrogens (tertiary/aromatic N) is 1. The molecular weight excluding hydrogens is 395 g/mol. The van der Waals surface area contributed by atoms with Crippen molar-refractivity contribution >= 4 is 44.8 Å². The van der Waals surface area contributed by atoms with Crippen LogP contribution in [-0.2, 0) is 10.9 Å². The maximum absolute atomic E-state index is 13.4. The van der Waals surface area contributed by atoms with Crippen molar-refractivity contribution in [2.45, 2.75) is 13.1 Å². The highest BCUT2D eigenvalue weighted by atomic mass is 32.1. The van der Waals surface area contributed by atoms with Crippen LogP contribution in [-0.4, -0.2) is 24.0 Å².